The molecule has 0 aliphatic rings. The first kappa shape index (κ1) is 33.4. The molecule has 0 spiro atoms. The molecule has 11 rings (SSSR count). The van der Waals surface area contributed by atoms with E-state index in [1.807, 2.05) is 47.7 Å². The molecule has 0 radical (unpaired) electrons. The largest absolute Gasteiger partial charge is 0.278 e. The molecule has 4 nitrogen and oxygen atoms in total. The Morgan fingerprint density at radius 2 is 0.877 bits per heavy atom. The molecule has 0 amide bonds. The van der Waals surface area contributed by atoms with Gasteiger partial charge in [0.2, 0.25) is 5.95 Å². The summed E-state index contributed by atoms with van der Waals surface area (Å²) in [6, 6.07) is 74.3. The van der Waals surface area contributed by atoms with Crippen LogP contribution in [-0.2, 0) is 0 Å². The van der Waals surface area contributed by atoms with Crippen LogP contribution in [0.1, 0.15) is 0 Å². The molecule has 0 aliphatic carbocycles. The summed E-state index contributed by atoms with van der Waals surface area (Å²) in [4.78, 5) is 15.6. The van der Waals surface area contributed by atoms with Gasteiger partial charge in [0.25, 0.3) is 0 Å². The average Bonchev–Trinajstić information content (AvgIpc) is 3.85. The van der Waals surface area contributed by atoms with Crippen LogP contribution >= 0.6 is 11.3 Å². The maximum atomic E-state index is 5.26. The number of benzene rings is 8. The Labute approximate surface area is 335 Å². The minimum absolute atomic E-state index is 0.587. The molecule has 8 aromatic carbocycles. The fourth-order valence-electron chi connectivity index (χ4n) is 8.80. The lowest BCUT2D eigenvalue weighted by Gasteiger charge is -2.35. The van der Waals surface area contributed by atoms with Gasteiger partial charge in [-0.1, -0.05) is 188 Å². The van der Waals surface area contributed by atoms with E-state index >= 15 is 0 Å². The third-order valence-electron chi connectivity index (χ3n) is 11.2. The van der Waals surface area contributed by atoms with Crippen LogP contribution in [0.25, 0.3) is 70.7 Å². The van der Waals surface area contributed by atoms with Gasteiger partial charge in [-0.25, -0.2) is 4.98 Å². The number of nitrogens with zero attached hydrogens (tertiary/aromatic N) is 4. The SMILES string of the molecule is c1ccc(-c2nc(-c3ccccc3)nc(-n3c4ccccc4c4c([Si](c5ccccc5)(c5ccccc5)c5cccc6c5sc5ccccc56)cccc43)n2)cc1. The molecule has 0 atom stereocenters. The Morgan fingerprint density at radius 1 is 0.386 bits per heavy atom. The van der Waals surface area contributed by atoms with Crippen LogP contribution in [0.4, 0.5) is 0 Å². The van der Waals surface area contributed by atoms with Crippen LogP contribution in [0.15, 0.2) is 206 Å². The van der Waals surface area contributed by atoms with Crippen molar-refractivity contribution in [1.82, 2.24) is 19.5 Å². The number of hydrogen-bond acceptors (Lipinski definition) is 4. The van der Waals surface area contributed by atoms with Crippen molar-refractivity contribution in [3.63, 3.8) is 0 Å². The zero-order valence-corrected chi connectivity index (χ0v) is 32.6. The number of rotatable bonds is 7. The van der Waals surface area contributed by atoms with Crippen molar-refractivity contribution in [3.8, 4) is 28.7 Å². The molecule has 6 heteroatoms. The summed E-state index contributed by atoms with van der Waals surface area (Å²) in [5.74, 6) is 1.86. The van der Waals surface area contributed by atoms with Crippen molar-refractivity contribution in [2.45, 2.75) is 0 Å². The van der Waals surface area contributed by atoms with E-state index in [1.165, 1.54) is 51.7 Å². The number of hydrogen-bond donors (Lipinski definition) is 0. The van der Waals surface area contributed by atoms with Crippen molar-refractivity contribution in [2.75, 3.05) is 0 Å². The van der Waals surface area contributed by atoms with Crippen LogP contribution < -0.4 is 20.7 Å². The molecule has 0 bridgehead atoms. The van der Waals surface area contributed by atoms with Gasteiger partial charge in [-0.15, -0.1) is 11.3 Å². The second-order valence-corrected chi connectivity index (χ2v) is 19.1. The second-order valence-electron chi connectivity index (χ2n) is 14.3. The molecule has 0 saturated heterocycles. The summed E-state index contributed by atoms with van der Waals surface area (Å²) in [5, 5.41) is 10.4. The molecule has 11 aromatic rings. The van der Waals surface area contributed by atoms with E-state index in [1.54, 1.807) is 0 Å². The smallest absolute Gasteiger partial charge is 0.238 e. The van der Waals surface area contributed by atoms with E-state index in [4.69, 9.17) is 15.0 Å². The third-order valence-corrected chi connectivity index (χ3v) is 17.5. The first-order valence-corrected chi connectivity index (χ1v) is 22.0. The zero-order chi connectivity index (χ0) is 37.8. The molecule has 268 valence electrons. The first-order valence-electron chi connectivity index (χ1n) is 19.2. The lowest BCUT2D eigenvalue weighted by atomic mass is 10.1. The van der Waals surface area contributed by atoms with Gasteiger partial charge in [-0.2, -0.15) is 9.97 Å². The Balaban J connectivity index is 1.29. The molecular weight excluding hydrogens is 729 g/mol. The van der Waals surface area contributed by atoms with Crippen LogP contribution in [0.5, 0.6) is 0 Å². The lowest BCUT2D eigenvalue weighted by Crippen LogP contribution is -2.75. The fraction of sp³-hybridized carbons (Fsp3) is 0. The van der Waals surface area contributed by atoms with E-state index in [0.29, 0.717) is 17.6 Å². The summed E-state index contributed by atoms with van der Waals surface area (Å²) in [6.07, 6.45) is 0. The maximum absolute atomic E-state index is 5.26. The van der Waals surface area contributed by atoms with Crippen molar-refractivity contribution in [2.24, 2.45) is 0 Å². The molecule has 0 N–H and O–H groups in total. The summed E-state index contributed by atoms with van der Waals surface area (Å²) in [7, 11) is -3.08. The van der Waals surface area contributed by atoms with Gasteiger partial charge in [-0.05, 0) is 38.9 Å². The standard InChI is InChI=1S/C51H34N4SSi/c1-5-19-35(20-6-1)49-52-50(36-21-7-2-8-22-36)54-51(53-49)55-42-30-15-13-28-41(42)47-43(55)31-18-33-45(47)57(37-23-9-3-10-24-37,38-25-11-4-12-26-38)46-34-17-29-40-39-27-14-16-32-44(39)56-48(40)46/h1-34H. The van der Waals surface area contributed by atoms with Crippen LogP contribution in [0.2, 0.25) is 0 Å². The van der Waals surface area contributed by atoms with Gasteiger partial charge in [-0.3, -0.25) is 4.57 Å². The Bertz CT molecular complexity index is 3140. The van der Waals surface area contributed by atoms with Crippen molar-refractivity contribution in [1.29, 1.82) is 0 Å². The van der Waals surface area contributed by atoms with E-state index < -0.39 is 8.07 Å². The van der Waals surface area contributed by atoms with Crippen molar-refractivity contribution < 1.29 is 0 Å². The highest BCUT2D eigenvalue weighted by molar-refractivity contribution is 7.31. The summed E-state index contributed by atoms with van der Waals surface area (Å²) in [5.41, 5.74) is 3.99. The van der Waals surface area contributed by atoms with Gasteiger partial charge in [0.1, 0.15) is 0 Å². The highest BCUT2D eigenvalue weighted by Gasteiger charge is 2.44. The van der Waals surface area contributed by atoms with E-state index in [0.717, 1.165) is 22.2 Å². The van der Waals surface area contributed by atoms with E-state index in [9.17, 15) is 0 Å². The van der Waals surface area contributed by atoms with Gasteiger partial charge >= 0.3 is 0 Å². The fourth-order valence-corrected chi connectivity index (χ4v) is 15.6. The Morgan fingerprint density at radius 3 is 1.53 bits per heavy atom. The zero-order valence-electron chi connectivity index (χ0n) is 30.8. The highest BCUT2D eigenvalue weighted by Crippen LogP contribution is 2.36. The average molecular weight is 763 g/mol. The molecule has 0 unspecified atom stereocenters. The number of fused-ring (bicyclic) bond motifs is 6. The second kappa shape index (κ2) is 13.6. The van der Waals surface area contributed by atoms with Gasteiger partial charge in [0, 0.05) is 42.1 Å². The molecule has 57 heavy (non-hydrogen) atoms. The summed E-state index contributed by atoms with van der Waals surface area (Å²) >= 11 is 1.91. The lowest BCUT2D eigenvalue weighted by molar-refractivity contribution is 0.953. The van der Waals surface area contributed by atoms with Crippen molar-refractivity contribution >= 4 is 82.1 Å². The quantitative estimate of drug-likeness (QED) is 0.120. The monoisotopic (exact) mass is 762 g/mol. The minimum Gasteiger partial charge on any atom is -0.278 e. The third kappa shape index (κ3) is 5.30. The minimum atomic E-state index is -3.08. The molecule has 3 heterocycles. The molecular formula is C51H34N4SSi. The molecule has 3 aromatic heterocycles. The summed E-state index contributed by atoms with van der Waals surface area (Å²) in [6.45, 7) is 0. The molecule has 0 aliphatic heterocycles. The van der Waals surface area contributed by atoms with Gasteiger partial charge < -0.3 is 0 Å². The van der Waals surface area contributed by atoms with E-state index in [-0.39, 0.29) is 0 Å². The van der Waals surface area contributed by atoms with Gasteiger partial charge in [0.05, 0.1) is 11.0 Å². The van der Waals surface area contributed by atoms with Crippen molar-refractivity contribution in [3.05, 3.63) is 206 Å². The van der Waals surface area contributed by atoms with E-state index in [2.05, 4.69) is 174 Å². The molecule has 0 fully saturated rings. The number of thiophene rings is 1. The number of para-hydroxylation sites is 1. The Kier molecular flexibility index (Phi) is 7.98. The summed E-state index contributed by atoms with van der Waals surface area (Å²) < 4.78 is 4.90. The normalized spacial score (nSPS) is 11.9. The van der Waals surface area contributed by atoms with Crippen LogP contribution in [0, 0.1) is 0 Å². The van der Waals surface area contributed by atoms with Gasteiger partial charge in [0.15, 0.2) is 19.7 Å². The Hall–Kier alpha value is -6.99. The van der Waals surface area contributed by atoms with Crippen LogP contribution in [0.3, 0.4) is 0 Å². The predicted molar refractivity (Wildman–Crippen MR) is 242 cm³/mol. The predicted octanol–water partition coefficient (Wildman–Crippen LogP) is 10.0. The highest BCUT2D eigenvalue weighted by atomic mass is 32.1. The first-order chi connectivity index (χ1) is 28.3. The topological polar surface area (TPSA) is 43.6 Å². The van der Waals surface area contributed by atoms with Crippen LogP contribution in [-0.4, -0.2) is 27.6 Å². The maximum Gasteiger partial charge on any atom is 0.238 e. The number of aromatic nitrogens is 4. The molecule has 0 saturated carbocycles.